The molecule has 0 unspecified atom stereocenters. The summed E-state index contributed by atoms with van der Waals surface area (Å²) in [7, 11) is 3.46. The van der Waals surface area contributed by atoms with Crippen LogP contribution in [0.4, 0.5) is 21.6 Å². The minimum atomic E-state index is -0.505. The molecule has 2 aromatic carbocycles. The lowest BCUT2D eigenvalue weighted by Gasteiger charge is -2.13. The number of aromatic nitrogens is 2. The number of anilines is 3. The van der Waals surface area contributed by atoms with E-state index in [1.807, 2.05) is 7.85 Å². The molecule has 0 fully saturated rings. The fourth-order valence-corrected chi connectivity index (χ4v) is 2.74. The highest BCUT2D eigenvalue weighted by molar-refractivity contribution is 6.31. The van der Waals surface area contributed by atoms with E-state index in [9.17, 15) is 9.18 Å². The van der Waals surface area contributed by atoms with Crippen LogP contribution < -0.4 is 15.4 Å². The minimum Gasteiger partial charge on any atom is -0.494 e. The van der Waals surface area contributed by atoms with Gasteiger partial charge in [-0.05, 0) is 30.3 Å². The first kappa shape index (κ1) is 19.6. The summed E-state index contributed by atoms with van der Waals surface area (Å²) in [6.45, 7) is 0. The third-order valence-corrected chi connectivity index (χ3v) is 4.19. The van der Waals surface area contributed by atoms with Crippen LogP contribution in [0, 0.1) is 5.82 Å². The number of ether oxygens (including phenoxy) is 1. The lowest BCUT2D eigenvalue weighted by atomic mass is 10.1. The summed E-state index contributed by atoms with van der Waals surface area (Å²) >= 11 is 5.84. The number of methoxy groups -OCH3 is 1. The molecule has 0 aliphatic heterocycles. The number of carbonyl (C=O) groups excluding carboxylic acids is 1. The van der Waals surface area contributed by atoms with Gasteiger partial charge in [0.2, 0.25) is 5.91 Å². The van der Waals surface area contributed by atoms with E-state index in [0.29, 0.717) is 33.8 Å². The SMILES string of the molecule is BC/C=C/C(=O)Nc1cc2c(Nc3ccc(F)c(Cl)c3)ncnc2cc1OC. The second-order valence-electron chi connectivity index (χ2n) is 5.85. The highest BCUT2D eigenvalue weighted by atomic mass is 35.5. The number of hydrogen-bond acceptors (Lipinski definition) is 5. The molecule has 0 radical (unpaired) electrons. The normalized spacial score (nSPS) is 11.0. The molecule has 0 bridgehead atoms. The van der Waals surface area contributed by atoms with Gasteiger partial charge in [-0.25, -0.2) is 14.4 Å². The van der Waals surface area contributed by atoms with Crippen molar-refractivity contribution in [3.05, 3.63) is 59.7 Å². The first-order valence-corrected chi connectivity index (χ1v) is 8.92. The molecule has 0 saturated carbocycles. The third kappa shape index (κ3) is 4.40. The summed E-state index contributed by atoms with van der Waals surface area (Å²) in [5.74, 6) is 0.181. The summed E-state index contributed by atoms with van der Waals surface area (Å²) in [4.78, 5) is 20.6. The second-order valence-corrected chi connectivity index (χ2v) is 6.25. The summed E-state index contributed by atoms with van der Waals surface area (Å²) in [5, 5.41) is 6.54. The second kappa shape index (κ2) is 8.71. The van der Waals surface area contributed by atoms with E-state index in [0.717, 1.165) is 6.32 Å². The van der Waals surface area contributed by atoms with Crippen LogP contribution in [0.5, 0.6) is 5.75 Å². The molecule has 1 amide bonds. The number of allylic oxidation sites excluding steroid dienone is 1. The van der Waals surface area contributed by atoms with Gasteiger partial charge in [-0.2, -0.15) is 0 Å². The monoisotopic (exact) mass is 398 g/mol. The van der Waals surface area contributed by atoms with E-state index in [1.54, 1.807) is 24.3 Å². The van der Waals surface area contributed by atoms with Crippen LogP contribution in [0.2, 0.25) is 11.3 Å². The van der Waals surface area contributed by atoms with Gasteiger partial charge in [0.1, 0.15) is 31.6 Å². The number of benzene rings is 2. The van der Waals surface area contributed by atoms with Gasteiger partial charge in [0.25, 0.3) is 0 Å². The van der Waals surface area contributed by atoms with Crippen molar-refractivity contribution in [2.24, 2.45) is 0 Å². The van der Waals surface area contributed by atoms with Gasteiger partial charge in [-0.15, -0.1) is 0 Å². The molecular formula is C19H17BClFN4O2. The first-order valence-electron chi connectivity index (χ1n) is 8.54. The Morgan fingerprint density at radius 3 is 2.86 bits per heavy atom. The van der Waals surface area contributed by atoms with Crippen molar-refractivity contribution < 1.29 is 13.9 Å². The topological polar surface area (TPSA) is 76.1 Å². The van der Waals surface area contributed by atoms with E-state index in [2.05, 4.69) is 20.6 Å². The lowest BCUT2D eigenvalue weighted by Crippen LogP contribution is -2.09. The fraction of sp³-hybridized carbons (Fsp3) is 0.105. The Morgan fingerprint density at radius 2 is 2.14 bits per heavy atom. The molecule has 3 rings (SSSR count). The van der Waals surface area contributed by atoms with Gasteiger partial charge in [-0.1, -0.05) is 24.0 Å². The Balaban J connectivity index is 2.01. The van der Waals surface area contributed by atoms with Crippen LogP contribution in [-0.4, -0.2) is 30.8 Å². The average Bonchev–Trinajstić information content (AvgIpc) is 2.69. The Morgan fingerprint density at radius 1 is 1.32 bits per heavy atom. The fourth-order valence-electron chi connectivity index (χ4n) is 2.56. The zero-order chi connectivity index (χ0) is 20.1. The zero-order valence-corrected chi connectivity index (χ0v) is 16.0. The molecule has 3 aromatic rings. The van der Waals surface area contributed by atoms with E-state index in [4.69, 9.17) is 16.3 Å². The number of fused-ring (bicyclic) bond motifs is 1. The van der Waals surface area contributed by atoms with Gasteiger partial charge in [0.05, 0.1) is 23.3 Å². The van der Waals surface area contributed by atoms with Gasteiger partial charge in [0, 0.05) is 17.1 Å². The predicted molar refractivity (Wildman–Crippen MR) is 112 cm³/mol. The van der Waals surface area contributed by atoms with Crippen LogP contribution in [0.25, 0.3) is 10.9 Å². The van der Waals surface area contributed by atoms with Crippen molar-refractivity contribution >= 4 is 53.4 Å². The standard InChI is InChI=1S/C19H17BClFN4O2/c1-28-17-9-15-12(8-16(17)26-18(27)3-2-6-20)19(24-10-23-15)25-11-4-5-14(22)13(21)7-11/h2-5,7-10H,6,20H2,1H3,(H,26,27)(H,23,24,25)/b3-2+. The largest absolute Gasteiger partial charge is 0.494 e. The number of nitrogens with zero attached hydrogens (tertiary/aromatic N) is 2. The van der Waals surface area contributed by atoms with Crippen molar-refractivity contribution in [2.45, 2.75) is 6.32 Å². The number of carbonyl (C=O) groups is 1. The lowest BCUT2D eigenvalue weighted by molar-refractivity contribution is -0.111. The summed E-state index contributed by atoms with van der Waals surface area (Å²) < 4.78 is 18.8. The maximum Gasteiger partial charge on any atom is 0.248 e. The Kier molecular flexibility index (Phi) is 6.11. The van der Waals surface area contributed by atoms with Gasteiger partial charge >= 0.3 is 0 Å². The molecule has 6 nitrogen and oxygen atoms in total. The predicted octanol–water partition coefficient (Wildman–Crippen LogP) is 3.72. The van der Waals surface area contributed by atoms with Crippen LogP contribution in [-0.2, 0) is 4.79 Å². The molecule has 0 atom stereocenters. The average molecular weight is 399 g/mol. The van der Waals surface area contributed by atoms with Crippen molar-refractivity contribution in [2.75, 3.05) is 17.7 Å². The van der Waals surface area contributed by atoms with Crippen molar-refractivity contribution in [3.8, 4) is 5.75 Å². The smallest absolute Gasteiger partial charge is 0.248 e. The first-order chi connectivity index (χ1) is 13.5. The number of halogens is 2. The third-order valence-electron chi connectivity index (χ3n) is 3.90. The van der Waals surface area contributed by atoms with E-state index < -0.39 is 5.82 Å². The van der Waals surface area contributed by atoms with Crippen LogP contribution in [0.15, 0.2) is 48.8 Å². The summed E-state index contributed by atoms with van der Waals surface area (Å²) in [6, 6.07) is 7.71. The Bertz CT molecular complexity index is 1060. The van der Waals surface area contributed by atoms with Crippen LogP contribution in [0.3, 0.4) is 0 Å². The minimum absolute atomic E-state index is 0.000643. The molecule has 0 spiro atoms. The maximum absolute atomic E-state index is 13.4. The number of amides is 1. The van der Waals surface area contributed by atoms with Crippen molar-refractivity contribution in [1.29, 1.82) is 0 Å². The van der Waals surface area contributed by atoms with Gasteiger partial charge in [-0.3, -0.25) is 4.79 Å². The van der Waals surface area contributed by atoms with Crippen molar-refractivity contribution in [1.82, 2.24) is 9.97 Å². The highest BCUT2D eigenvalue weighted by Gasteiger charge is 2.12. The van der Waals surface area contributed by atoms with Crippen LogP contribution >= 0.6 is 11.6 Å². The molecule has 2 N–H and O–H groups in total. The zero-order valence-electron chi connectivity index (χ0n) is 15.3. The molecule has 1 heterocycles. The van der Waals surface area contributed by atoms with E-state index >= 15 is 0 Å². The molecule has 0 aliphatic carbocycles. The van der Waals surface area contributed by atoms with Gasteiger partial charge < -0.3 is 15.4 Å². The quantitative estimate of drug-likeness (QED) is 0.489. The molecular weight excluding hydrogens is 381 g/mol. The molecule has 9 heteroatoms. The molecule has 0 saturated heterocycles. The number of rotatable bonds is 6. The number of hydrogen-bond donors (Lipinski definition) is 2. The van der Waals surface area contributed by atoms with Crippen LogP contribution in [0.1, 0.15) is 0 Å². The number of nitrogens with one attached hydrogen (secondary N) is 2. The van der Waals surface area contributed by atoms with Crippen molar-refractivity contribution in [3.63, 3.8) is 0 Å². The Labute approximate surface area is 167 Å². The summed E-state index contributed by atoms with van der Waals surface area (Å²) in [6.07, 6.45) is 5.38. The molecule has 28 heavy (non-hydrogen) atoms. The maximum atomic E-state index is 13.4. The molecule has 142 valence electrons. The summed E-state index contributed by atoms with van der Waals surface area (Å²) in [5.41, 5.74) is 1.67. The Hall–Kier alpha value is -3.13. The van der Waals surface area contributed by atoms with Gasteiger partial charge in [0.15, 0.2) is 0 Å². The highest BCUT2D eigenvalue weighted by Crippen LogP contribution is 2.33. The van der Waals surface area contributed by atoms with E-state index in [-0.39, 0.29) is 10.9 Å². The van der Waals surface area contributed by atoms with E-state index in [1.165, 1.54) is 31.6 Å². The molecule has 0 aliphatic rings. The molecule has 1 aromatic heterocycles.